The monoisotopic (exact) mass is 555 g/mol. The van der Waals surface area contributed by atoms with Gasteiger partial charge in [-0.2, -0.15) is 4.99 Å². The van der Waals surface area contributed by atoms with Gasteiger partial charge in [-0.3, -0.25) is 9.69 Å². The highest BCUT2D eigenvalue weighted by molar-refractivity contribution is 9.10. The summed E-state index contributed by atoms with van der Waals surface area (Å²) >= 11 is 3.55. The second-order valence-corrected chi connectivity index (χ2v) is 9.93. The molecule has 2 unspecified atom stereocenters. The van der Waals surface area contributed by atoms with Crippen LogP contribution in [0, 0.1) is 5.92 Å². The number of nitrogens with one attached hydrogen (secondary N) is 2. The number of morpholine rings is 1. The lowest BCUT2D eigenvalue weighted by Crippen LogP contribution is -2.53. The fourth-order valence-electron chi connectivity index (χ4n) is 5.07. The third-order valence-electron chi connectivity index (χ3n) is 6.93. The van der Waals surface area contributed by atoms with E-state index in [1.165, 1.54) is 0 Å². The Morgan fingerprint density at radius 2 is 2.06 bits per heavy atom. The maximum atomic E-state index is 13.4. The molecule has 0 radical (unpaired) electrons. The van der Waals surface area contributed by atoms with Gasteiger partial charge in [0.2, 0.25) is 5.91 Å². The van der Waals surface area contributed by atoms with Crippen molar-refractivity contribution in [3.63, 3.8) is 0 Å². The molecule has 1 fully saturated rings. The van der Waals surface area contributed by atoms with Gasteiger partial charge in [0, 0.05) is 44.2 Å². The summed E-state index contributed by atoms with van der Waals surface area (Å²) in [5.74, 6) is 0.522. The molecule has 0 aromatic heterocycles. The van der Waals surface area contributed by atoms with Crippen molar-refractivity contribution in [3.05, 3.63) is 58.1 Å². The number of methoxy groups -OCH3 is 1. The number of urea groups is 1. The highest BCUT2D eigenvalue weighted by Crippen LogP contribution is 2.39. The summed E-state index contributed by atoms with van der Waals surface area (Å²) in [6.07, 6.45) is 0. The first-order chi connectivity index (χ1) is 17.5. The van der Waals surface area contributed by atoms with Crippen molar-refractivity contribution < 1.29 is 19.1 Å². The minimum atomic E-state index is -0.377. The van der Waals surface area contributed by atoms with Crippen molar-refractivity contribution in [2.75, 3.05) is 64.5 Å². The highest BCUT2D eigenvalue weighted by Gasteiger charge is 2.41. The maximum absolute atomic E-state index is 13.4. The summed E-state index contributed by atoms with van der Waals surface area (Å²) in [7, 11) is 1.61. The van der Waals surface area contributed by atoms with Crippen LogP contribution in [0.15, 0.2) is 51.9 Å². The molecule has 190 valence electrons. The average molecular weight is 556 g/mol. The number of carbonyl (C=O) groups is 2. The van der Waals surface area contributed by atoms with E-state index < -0.39 is 0 Å². The van der Waals surface area contributed by atoms with E-state index in [0.29, 0.717) is 12.3 Å². The van der Waals surface area contributed by atoms with Crippen LogP contribution in [-0.2, 0) is 9.53 Å². The Morgan fingerprint density at radius 3 is 2.83 bits per heavy atom. The standard InChI is InChI=1S/C26H30BrN5O4/c1-35-22-7-6-17(14-20(22)27)24-19-16-32(23(33)15-28-8-9-31-10-12-36-13-11-31)21-5-3-2-4-18(21)25(19)30-26(34)29-24/h2-7,14,19,24,28H,8-13,15-16H2,1H3,(H,29,34). The molecule has 3 amide bonds. The van der Waals surface area contributed by atoms with Crippen LogP contribution < -0.4 is 20.3 Å². The summed E-state index contributed by atoms with van der Waals surface area (Å²) in [6.45, 7) is 5.65. The summed E-state index contributed by atoms with van der Waals surface area (Å²) in [4.78, 5) is 34.5. The van der Waals surface area contributed by atoms with Crippen molar-refractivity contribution in [1.29, 1.82) is 0 Å². The van der Waals surface area contributed by atoms with Crippen LogP contribution in [-0.4, -0.2) is 82.1 Å². The van der Waals surface area contributed by atoms with Crippen LogP contribution in [0.5, 0.6) is 5.75 Å². The van der Waals surface area contributed by atoms with E-state index in [0.717, 1.165) is 66.4 Å². The predicted molar refractivity (Wildman–Crippen MR) is 141 cm³/mol. The van der Waals surface area contributed by atoms with Crippen LogP contribution in [0.25, 0.3) is 0 Å². The number of hydrogen-bond donors (Lipinski definition) is 2. The van der Waals surface area contributed by atoms with Crippen LogP contribution in [0.3, 0.4) is 0 Å². The zero-order chi connectivity index (χ0) is 25.1. The van der Waals surface area contributed by atoms with Crippen LogP contribution >= 0.6 is 15.9 Å². The average Bonchev–Trinajstić information content (AvgIpc) is 2.90. The number of ether oxygens (including phenoxy) is 2. The number of para-hydroxylation sites is 1. The van der Waals surface area contributed by atoms with Crippen molar-refractivity contribution in [2.24, 2.45) is 10.9 Å². The molecule has 1 saturated heterocycles. The first kappa shape index (κ1) is 24.9. The number of anilines is 1. The lowest BCUT2D eigenvalue weighted by Gasteiger charge is -2.41. The number of benzene rings is 2. The Kier molecular flexibility index (Phi) is 7.66. The minimum absolute atomic E-state index is 0.00459. The zero-order valence-corrected chi connectivity index (χ0v) is 21.8. The molecular weight excluding hydrogens is 526 g/mol. The van der Waals surface area contributed by atoms with Gasteiger partial charge in [0.05, 0.1) is 48.8 Å². The van der Waals surface area contributed by atoms with Crippen LogP contribution in [0.4, 0.5) is 10.5 Å². The van der Waals surface area contributed by atoms with E-state index in [1.54, 1.807) is 7.11 Å². The molecule has 10 heteroatoms. The third-order valence-corrected chi connectivity index (χ3v) is 7.55. The van der Waals surface area contributed by atoms with Gasteiger partial charge in [-0.05, 0) is 39.7 Å². The molecule has 0 bridgehead atoms. The summed E-state index contributed by atoms with van der Waals surface area (Å²) in [5, 5.41) is 6.33. The Hall–Kier alpha value is -2.79. The predicted octanol–water partition coefficient (Wildman–Crippen LogP) is 2.60. The number of amides is 3. The van der Waals surface area contributed by atoms with E-state index in [9.17, 15) is 9.59 Å². The molecule has 9 nitrogen and oxygen atoms in total. The lowest BCUT2D eigenvalue weighted by atomic mass is 9.81. The zero-order valence-electron chi connectivity index (χ0n) is 20.2. The molecule has 2 aromatic carbocycles. The van der Waals surface area contributed by atoms with Gasteiger partial charge < -0.3 is 25.0 Å². The largest absolute Gasteiger partial charge is 0.496 e. The van der Waals surface area contributed by atoms with E-state index >= 15 is 0 Å². The minimum Gasteiger partial charge on any atom is -0.496 e. The molecular formula is C26H30BrN5O4. The number of hydrogen-bond acceptors (Lipinski definition) is 6. The number of halogens is 1. The number of aliphatic imine (C=N–C) groups is 1. The molecule has 3 heterocycles. The van der Waals surface area contributed by atoms with Gasteiger partial charge in [-0.1, -0.05) is 24.3 Å². The summed E-state index contributed by atoms with van der Waals surface area (Å²) in [5.41, 5.74) is 3.25. The first-order valence-electron chi connectivity index (χ1n) is 12.2. The normalized spacial score (nSPS) is 21.8. The van der Waals surface area contributed by atoms with Crippen molar-refractivity contribution in [1.82, 2.24) is 15.5 Å². The molecule has 2 N–H and O–H groups in total. The van der Waals surface area contributed by atoms with E-state index in [-0.39, 0.29) is 30.4 Å². The Balaban J connectivity index is 1.36. The molecule has 0 saturated carbocycles. The van der Waals surface area contributed by atoms with Crippen LogP contribution in [0.1, 0.15) is 17.2 Å². The van der Waals surface area contributed by atoms with Gasteiger partial charge >= 0.3 is 6.03 Å². The quantitative estimate of drug-likeness (QED) is 0.510. The van der Waals surface area contributed by atoms with Crippen molar-refractivity contribution >= 4 is 39.3 Å². The SMILES string of the molecule is COc1ccc(C2NC(=O)N=C3c4ccccc4N(C(=O)CNCCN4CCOCC4)CC32)cc1Br. The van der Waals surface area contributed by atoms with Crippen molar-refractivity contribution in [3.8, 4) is 5.75 Å². The van der Waals surface area contributed by atoms with E-state index in [2.05, 4.69) is 36.5 Å². The lowest BCUT2D eigenvalue weighted by molar-refractivity contribution is -0.118. The van der Waals surface area contributed by atoms with Gasteiger partial charge in [0.1, 0.15) is 5.75 Å². The first-order valence-corrected chi connectivity index (χ1v) is 13.0. The molecule has 0 aliphatic carbocycles. The van der Waals surface area contributed by atoms with Gasteiger partial charge in [0.25, 0.3) is 0 Å². The summed E-state index contributed by atoms with van der Waals surface area (Å²) in [6, 6.07) is 12.7. The van der Waals surface area contributed by atoms with Gasteiger partial charge in [-0.15, -0.1) is 0 Å². The van der Waals surface area contributed by atoms with E-state index in [1.807, 2.05) is 47.4 Å². The number of carbonyl (C=O) groups excluding carboxylic acids is 2. The smallest absolute Gasteiger partial charge is 0.341 e. The molecule has 2 aromatic rings. The summed E-state index contributed by atoms with van der Waals surface area (Å²) < 4.78 is 11.6. The second kappa shape index (κ2) is 11.1. The Bertz CT molecular complexity index is 1170. The molecule has 2 atom stereocenters. The fourth-order valence-corrected chi connectivity index (χ4v) is 5.63. The molecule has 3 aliphatic rings. The molecule has 0 spiro atoms. The number of fused-ring (bicyclic) bond motifs is 3. The maximum Gasteiger partial charge on any atom is 0.341 e. The molecule has 5 rings (SSSR count). The Morgan fingerprint density at radius 1 is 1.25 bits per heavy atom. The Labute approximate surface area is 219 Å². The van der Waals surface area contributed by atoms with E-state index in [4.69, 9.17) is 9.47 Å². The third kappa shape index (κ3) is 5.17. The highest BCUT2D eigenvalue weighted by atomic mass is 79.9. The molecule has 36 heavy (non-hydrogen) atoms. The van der Waals surface area contributed by atoms with Crippen molar-refractivity contribution in [2.45, 2.75) is 6.04 Å². The fraction of sp³-hybridized carbons (Fsp3) is 0.423. The van der Waals surface area contributed by atoms with Gasteiger partial charge in [-0.25, -0.2) is 4.79 Å². The van der Waals surface area contributed by atoms with Gasteiger partial charge in [0.15, 0.2) is 0 Å². The number of rotatable bonds is 7. The van der Waals surface area contributed by atoms with Crippen LogP contribution in [0.2, 0.25) is 0 Å². The second-order valence-electron chi connectivity index (χ2n) is 9.08. The topological polar surface area (TPSA) is 95.5 Å². The molecule has 3 aliphatic heterocycles. The number of nitrogens with zero attached hydrogens (tertiary/aromatic N) is 3.